The second-order valence-corrected chi connectivity index (χ2v) is 16.4. The minimum absolute atomic E-state index is 0.0329. The Morgan fingerprint density at radius 2 is 1.63 bits per heavy atom. The Balaban J connectivity index is 1.07. The van der Waals surface area contributed by atoms with Crippen LogP contribution in [0, 0.1) is 18.3 Å². The van der Waals surface area contributed by atoms with Crippen LogP contribution in [0.3, 0.4) is 0 Å². The Morgan fingerprint density at radius 1 is 0.962 bits per heavy atom. The molecular formula is C37H56N8O6S. The molecule has 4 heterocycles. The van der Waals surface area contributed by atoms with E-state index in [2.05, 4.69) is 35.6 Å². The number of β-amino-alcohol motifs (C(OH)–C–C–N with tert-alkyl or cyclic N) is 1. The number of thiazole rings is 1. The Hall–Kier alpha value is -3.63. The molecule has 5 N–H and O–H groups in total. The van der Waals surface area contributed by atoms with Crippen LogP contribution in [0.1, 0.15) is 51.3 Å². The standard InChI is InChI=1S/C37H56N8O6S/c1-25-32(52-24-40-25)28-7-5-26(6-8-28)20-39-34(48)30-19-29(46)22-45(30)35(49)33(37(2,3)4)41-31(47)23-44-17-15-43(16-18-44)21-27-9-12-42(13-10-27)14-11-38-36(50)51/h5-8,24,27,29-30,33,38,46H,9-23H2,1-4H3,(H,39,48)(H,41,47)(H,50,51)/t29-,30+,33-/m1/s1. The summed E-state index contributed by atoms with van der Waals surface area (Å²) in [4.78, 5) is 65.3. The van der Waals surface area contributed by atoms with Crippen molar-refractivity contribution >= 4 is 35.2 Å². The molecule has 2 aromatic rings. The van der Waals surface area contributed by atoms with Gasteiger partial charge in [0.1, 0.15) is 12.1 Å². The summed E-state index contributed by atoms with van der Waals surface area (Å²) in [6, 6.07) is 6.24. The molecule has 1 aromatic carbocycles. The van der Waals surface area contributed by atoms with Crippen LogP contribution < -0.4 is 16.0 Å². The van der Waals surface area contributed by atoms with E-state index in [1.165, 1.54) is 4.90 Å². The van der Waals surface area contributed by atoms with Gasteiger partial charge >= 0.3 is 6.09 Å². The zero-order valence-electron chi connectivity index (χ0n) is 31.0. The number of amides is 4. The van der Waals surface area contributed by atoms with Crippen LogP contribution in [0.2, 0.25) is 0 Å². The summed E-state index contributed by atoms with van der Waals surface area (Å²) in [5, 5.41) is 27.7. The molecule has 3 fully saturated rings. The van der Waals surface area contributed by atoms with Crippen molar-refractivity contribution in [2.24, 2.45) is 11.3 Å². The van der Waals surface area contributed by atoms with Gasteiger partial charge < -0.3 is 40.9 Å². The zero-order valence-corrected chi connectivity index (χ0v) is 31.8. The van der Waals surface area contributed by atoms with Crippen LogP contribution in [0.25, 0.3) is 10.4 Å². The molecule has 0 aliphatic carbocycles. The van der Waals surface area contributed by atoms with Crippen molar-refractivity contribution in [1.29, 1.82) is 0 Å². The highest BCUT2D eigenvalue weighted by Crippen LogP contribution is 2.28. The molecule has 4 amide bonds. The number of hydrogen-bond donors (Lipinski definition) is 5. The van der Waals surface area contributed by atoms with Crippen molar-refractivity contribution in [1.82, 2.24) is 40.5 Å². The lowest BCUT2D eigenvalue weighted by Crippen LogP contribution is -2.59. The summed E-state index contributed by atoms with van der Waals surface area (Å²) in [5.74, 6) is -0.319. The number of aromatic nitrogens is 1. The number of aliphatic hydroxyl groups is 1. The first kappa shape index (κ1) is 39.6. The van der Waals surface area contributed by atoms with Crippen LogP contribution >= 0.6 is 11.3 Å². The molecular weight excluding hydrogens is 685 g/mol. The Bertz CT molecular complexity index is 1510. The number of likely N-dealkylation sites (tertiary alicyclic amines) is 2. The maximum Gasteiger partial charge on any atom is 0.404 e. The molecule has 52 heavy (non-hydrogen) atoms. The van der Waals surface area contributed by atoms with E-state index in [0.29, 0.717) is 12.5 Å². The van der Waals surface area contributed by atoms with Crippen molar-refractivity contribution in [2.75, 3.05) is 72.0 Å². The lowest BCUT2D eigenvalue weighted by atomic mass is 9.85. The van der Waals surface area contributed by atoms with Crippen LogP contribution in [0.4, 0.5) is 4.79 Å². The predicted octanol–water partition coefficient (Wildman–Crippen LogP) is 1.82. The van der Waals surface area contributed by atoms with E-state index >= 15 is 0 Å². The fourth-order valence-electron chi connectivity index (χ4n) is 7.40. The van der Waals surface area contributed by atoms with Gasteiger partial charge in [0.25, 0.3) is 0 Å². The first-order valence-electron chi connectivity index (χ1n) is 18.5. The number of hydrogen-bond acceptors (Lipinski definition) is 10. The van der Waals surface area contributed by atoms with Gasteiger partial charge in [-0.1, -0.05) is 45.0 Å². The third kappa shape index (κ3) is 10.9. The molecule has 0 spiro atoms. The number of aryl methyl sites for hydroxylation is 1. The first-order chi connectivity index (χ1) is 24.8. The van der Waals surface area contributed by atoms with Crippen LogP contribution in [-0.2, 0) is 20.9 Å². The minimum atomic E-state index is -0.982. The monoisotopic (exact) mass is 740 g/mol. The second-order valence-electron chi connectivity index (χ2n) is 15.5. The largest absolute Gasteiger partial charge is 0.465 e. The number of carbonyl (C=O) groups excluding carboxylic acids is 3. The van der Waals surface area contributed by atoms with Gasteiger partial charge in [-0.2, -0.15) is 0 Å². The number of nitrogens with zero attached hydrogens (tertiary/aromatic N) is 5. The number of nitrogens with one attached hydrogen (secondary N) is 3. The molecule has 5 rings (SSSR count). The van der Waals surface area contributed by atoms with Crippen molar-refractivity contribution in [2.45, 2.75) is 71.7 Å². The lowest BCUT2D eigenvalue weighted by molar-refractivity contribution is -0.144. The van der Waals surface area contributed by atoms with Gasteiger partial charge in [0, 0.05) is 65.3 Å². The summed E-state index contributed by atoms with van der Waals surface area (Å²) in [6.45, 7) is 15.6. The third-order valence-corrected chi connectivity index (χ3v) is 11.4. The number of benzene rings is 1. The molecule has 3 aliphatic rings. The predicted molar refractivity (Wildman–Crippen MR) is 200 cm³/mol. The normalized spacial score (nSPS) is 21.5. The topological polar surface area (TPSA) is 171 Å². The van der Waals surface area contributed by atoms with Crippen LogP contribution in [0.15, 0.2) is 29.8 Å². The van der Waals surface area contributed by atoms with Crippen molar-refractivity contribution < 1.29 is 29.4 Å². The number of piperidine rings is 1. The van der Waals surface area contributed by atoms with Gasteiger partial charge in [0.05, 0.1) is 28.7 Å². The second kappa shape index (κ2) is 17.9. The van der Waals surface area contributed by atoms with Gasteiger partial charge in [-0.05, 0) is 55.3 Å². The quantitative estimate of drug-likeness (QED) is 0.204. The van der Waals surface area contributed by atoms with E-state index in [9.17, 15) is 24.3 Å². The fraction of sp³-hybridized carbons (Fsp3) is 0.649. The van der Waals surface area contributed by atoms with E-state index in [0.717, 1.165) is 86.9 Å². The maximum absolute atomic E-state index is 14.0. The van der Waals surface area contributed by atoms with Gasteiger partial charge in [-0.3, -0.25) is 19.3 Å². The van der Waals surface area contributed by atoms with E-state index < -0.39 is 29.7 Å². The Labute approximate surface area is 310 Å². The summed E-state index contributed by atoms with van der Waals surface area (Å²) in [5.41, 5.74) is 4.16. The van der Waals surface area contributed by atoms with Crippen LogP contribution in [-0.4, -0.2) is 149 Å². The van der Waals surface area contributed by atoms with Crippen LogP contribution in [0.5, 0.6) is 0 Å². The van der Waals surface area contributed by atoms with Gasteiger partial charge in [0.15, 0.2) is 0 Å². The highest BCUT2D eigenvalue weighted by molar-refractivity contribution is 7.13. The van der Waals surface area contributed by atoms with Crippen molar-refractivity contribution in [3.63, 3.8) is 0 Å². The van der Waals surface area contributed by atoms with Crippen molar-refractivity contribution in [3.05, 3.63) is 41.0 Å². The molecule has 15 heteroatoms. The third-order valence-electron chi connectivity index (χ3n) is 10.5. The average molecular weight is 741 g/mol. The fourth-order valence-corrected chi connectivity index (χ4v) is 8.21. The van der Waals surface area contributed by atoms with E-state index in [-0.39, 0.29) is 43.8 Å². The molecule has 3 atom stereocenters. The Kier molecular flexibility index (Phi) is 13.6. The molecule has 0 unspecified atom stereocenters. The van der Waals surface area contributed by atoms with Gasteiger partial charge in [-0.25, -0.2) is 9.78 Å². The number of carboxylic acid groups (broad SMARTS) is 1. The Morgan fingerprint density at radius 3 is 2.25 bits per heavy atom. The first-order valence-corrected chi connectivity index (χ1v) is 19.3. The summed E-state index contributed by atoms with van der Waals surface area (Å²) in [7, 11) is 0. The summed E-state index contributed by atoms with van der Waals surface area (Å²) in [6.07, 6.45) is 0.513. The maximum atomic E-state index is 14.0. The molecule has 1 aromatic heterocycles. The van der Waals surface area contributed by atoms with E-state index in [1.807, 2.05) is 57.5 Å². The number of rotatable bonds is 13. The molecule has 14 nitrogen and oxygen atoms in total. The van der Waals surface area contributed by atoms with E-state index in [4.69, 9.17) is 5.11 Å². The number of carbonyl (C=O) groups is 4. The summed E-state index contributed by atoms with van der Waals surface area (Å²) < 4.78 is 0. The molecule has 3 saturated heterocycles. The smallest absolute Gasteiger partial charge is 0.404 e. The van der Waals surface area contributed by atoms with Gasteiger partial charge in [0.2, 0.25) is 17.7 Å². The molecule has 3 aliphatic heterocycles. The molecule has 0 radical (unpaired) electrons. The van der Waals surface area contributed by atoms with Crippen molar-refractivity contribution in [3.8, 4) is 10.4 Å². The highest BCUT2D eigenvalue weighted by atomic mass is 32.1. The number of aliphatic hydroxyl groups excluding tert-OH is 1. The molecule has 0 saturated carbocycles. The lowest BCUT2D eigenvalue weighted by Gasteiger charge is -2.39. The summed E-state index contributed by atoms with van der Waals surface area (Å²) >= 11 is 1.58. The molecule has 0 bridgehead atoms. The average Bonchev–Trinajstić information content (AvgIpc) is 3.72. The van der Waals surface area contributed by atoms with Gasteiger partial charge in [-0.15, -0.1) is 11.3 Å². The van der Waals surface area contributed by atoms with E-state index in [1.54, 1.807) is 11.3 Å². The molecule has 286 valence electrons. The minimum Gasteiger partial charge on any atom is -0.465 e. The zero-order chi connectivity index (χ0) is 37.4. The SMILES string of the molecule is Cc1ncsc1-c1ccc(CNC(=O)[C@@H]2C[C@@H](O)CN2C(=O)[C@@H](NC(=O)CN2CCN(CC3CCN(CCNC(=O)O)CC3)CC2)C(C)(C)C)cc1. The number of piperazine rings is 1. The highest BCUT2D eigenvalue weighted by Gasteiger charge is 2.44.